The predicted molar refractivity (Wildman–Crippen MR) is 61.9 cm³/mol. The van der Waals surface area contributed by atoms with Crippen LogP contribution in [0, 0.1) is 0 Å². The van der Waals surface area contributed by atoms with Crippen LogP contribution in [0.25, 0.3) is 0 Å². The third-order valence-electron chi connectivity index (χ3n) is 1.96. The molecule has 0 atom stereocenters. The van der Waals surface area contributed by atoms with Crippen LogP contribution in [-0.4, -0.2) is 47.2 Å². The van der Waals surface area contributed by atoms with Gasteiger partial charge in [-0.05, 0) is 25.9 Å². The van der Waals surface area contributed by atoms with E-state index in [-0.39, 0.29) is 6.29 Å². The summed E-state index contributed by atoms with van der Waals surface area (Å²) in [5.41, 5.74) is 0. The van der Waals surface area contributed by atoms with E-state index in [1.165, 1.54) is 0 Å². The van der Waals surface area contributed by atoms with Crippen LogP contribution in [0.15, 0.2) is 0 Å². The molecule has 0 aromatic carbocycles. The maximum absolute atomic E-state index is 10.8. The summed E-state index contributed by atoms with van der Waals surface area (Å²) in [5.74, 6) is 0. The lowest BCUT2D eigenvalue weighted by Crippen LogP contribution is -2.33. The largest absolute Gasteiger partial charge is 0.339 e. The van der Waals surface area contributed by atoms with Gasteiger partial charge in [0.2, 0.25) is 0 Å². The zero-order chi connectivity index (χ0) is 11.7. The Bertz CT molecular complexity index is 196. The Balaban J connectivity index is 3.78. The Kier molecular flexibility index (Phi) is 8.29. The molecular formula is C9H23N2O3P. The molecule has 15 heavy (non-hydrogen) atoms. The molecule has 0 amide bonds. The van der Waals surface area contributed by atoms with E-state index in [1.807, 2.05) is 11.8 Å². The first-order chi connectivity index (χ1) is 6.99. The molecule has 0 rings (SSSR count). The van der Waals surface area contributed by atoms with Gasteiger partial charge in [-0.2, -0.15) is 0 Å². The summed E-state index contributed by atoms with van der Waals surface area (Å²) in [4.78, 5) is 19.5. The topological polar surface area (TPSA) is 72.8 Å². The van der Waals surface area contributed by atoms with E-state index in [0.717, 1.165) is 32.5 Å². The van der Waals surface area contributed by atoms with Crippen molar-refractivity contribution >= 4 is 7.60 Å². The fourth-order valence-corrected chi connectivity index (χ4v) is 2.17. The van der Waals surface area contributed by atoms with Gasteiger partial charge in [0.25, 0.3) is 0 Å². The molecular weight excluding hydrogens is 215 g/mol. The number of nitrogens with zero attached hydrogens (tertiary/aromatic N) is 1. The lowest BCUT2D eigenvalue weighted by Gasteiger charge is -2.22. The fourth-order valence-electron chi connectivity index (χ4n) is 1.37. The van der Waals surface area contributed by atoms with Crippen molar-refractivity contribution in [3.63, 3.8) is 0 Å². The normalized spacial score (nSPS) is 12.3. The van der Waals surface area contributed by atoms with Gasteiger partial charge in [-0.15, -0.1) is 0 Å². The minimum absolute atomic E-state index is 0.130. The molecule has 92 valence electrons. The molecule has 0 heterocycles. The molecule has 0 bridgehead atoms. The van der Waals surface area contributed by atoms with Crippen LogP contribution >= 0.6 is 7.60 Å². The zero-order valence-electron chi connectivity index (χ0n) is 9.65. The molecule has 0 aromatic rings. The van der Waals surface area contributed by atoms with Gasteiger partial charge >= 0.3 is 7.60 Å². The summed E-state index contributed by atoms with van der Waals surface area (Å²) < 4.78 is 10.8. The van der Waals surface area contributed by atoms with E-state index < -0.39 is 7.60 Å². The van der Waals surface area contributed by atoms with Crippen molar-refractivity contribution in [2.24, 2.45) is 0 Å². The first kappa shape index (κ1) is 15.1. The highest BCUT2D eigenvalue weighted by Crippen LogP contribution is 2.34. The molecule has 0 aliphatic carbocycles. The quantitative estimate of drug-likeness (QED) is 0.410. The van der Waals surface area contributed by atoms with Crippen LogP contribution in [0.1, 0.15) is 26.7 Å². The molecule has 0 fully saturated rings. The van der Waals surface area contributed by atoms with Crippen LogP contribution in [0.2, 0.25) is 0 Å². The van der Waals surface area contributed by atoms with Crippen LogP contribution in [-0.2, 0) is 4.57 Å². The smallest absolute Gasteiger partial charge is 0.324 e. The molecule has 0 saturated heterocycles. The Morgan fingerprint density at radius 1 is 1.13 bits per heavy atom. The van der Waals surface area contributed by atoms with Crippen molar-refractivity contribution in [2.45, 2.75) is 26.7 Å². The van der Waals surface area contributed by atoms with Crippen molar-refractivity contribution in [3.8, 4) is 0 Å². The first-order valence-electron chi connectivity index (χ1n) is 5.47. The molecule has 0 aliphatic rings. The summed E-state index contributed by atoms with van der Waals surface area (Å²) >= 11 is 0. The van der Waals surface area contributed by atoms with E-state index >= 15 is 0 Å². The van der Waals surface area contributed by atoms with Gasteiger partial charge in [-0.1, -0.05) is 13.8 Å². The number of hydrogen-bond acceptors (Lipinski definition) is 3. The van der Waals surface area contributed by atoms with Gasteiger partial charge in [0.15, 0.2) is 0 Å². The van der Waals surface area contributed by atoms with Gasteiger partial charge in [-0.25, -0.2) is 0 Å². The monoisotopic (exact) mass is 238 g/mol. The van der Waals surface area contributed by atoms with E-state index in [9.17, 15) is 4.57 Å². The second-order valence-electron chi connectivity index (χ2n) is 3.67. The number of hydrogen-bond donors (Lipinski definition) is 3. The van der Waals surface area contributed by atoms with Crippen molar-refractivity contribution in [3.05, 3.63) is 0 Å². The maximum atomic E-state index is 10.8. The molecule has 0 spiro atoms. The Hall–Kier alpha value is 0.0700. The van der Waals surface area contributed by atoms with Crippen molar-refractivity contribution < 1.29 is 14.4 Å². The lowest BCUT2D eigenvalue weighted by molar-refractivity contribution is 0.275. The summed E-state index contributed by atoms with van der Waals surface area (Å²) in [6.45, 7) is 7.26. The fraction of sp³-hybridized carbons (Fsp3) is 1.00. The van der Waals surface area contributed by atoms with E-state index in [2.05, 4.69) is 12.2 Å². The summed E-state index contributed by atoms with van der Waals surface area (Å²) in [6, 6.07) is 0. The van der Waals surface area contributed by atoms with E-state index in [1.54, 1.807) is 0 Å². The number of rotatable bonds is 9. The van der Waals surface area contributed by atoms with Crippen molar-refractivity contribution in [1.29, 1.82) is 0 Å². The minimum atomic E-state index is -3.91. The molecule has 0 aliphatic heterocycles. The zero-order valence-corrected chi connectivity index (χ0v) is 10.5. The summed E-state index contributed by atoms with van der Waals surface area (Å²) in [5, 5.41) is 3.22. The third-order valence-corrected chi connectivity index (χ3v) is 2.72. The summed E-state index contributed by atoms with van der Waals surface area (Å²) in [7, 11) is -3.91. The highest BCUT2D eigenvalue weighted by Gasteiger charge is 2.17. The molecule has 0 saturated carbocycles. The van der Waals surface area contributed by atoms with Gasteiger partial charge in [0.1, 0.15) is 6.29 Å². The standard InChI is InChI=1S/C9H23N2O3P/c1-3-5-10-6-8-11(7-4-2)9-15(12,13)14/h10H,3-9H2,1-2H3,(H2,12,13,14). The minimum Gasteiger partial charge on any atom is -0.324 e. The Morgan fingerprint density at radius 2 is 1.80 bits per heavy atom. The van der Waals surface area contributed by atoms with Crippen LogP contribution < -0.4 is 5.32 Å². The lowest BCUT2D eigenvalue weighted by atomic mass is 10.4. The maximum Gasteiger partial charge on any atom is 0.339 e. The Labute approximate surface area is 92.0 Å². The first-order valence-corrected chi connectivity index (χ1v) is 7.27. The van der Waals surface area contributed by atoms with Crippen molar-refractivity contribution in [1.82, 2.24) is 10.2 Å². The van der Waals surface area contributed by atoms with Gasteiger partial charge < -0.3 is 15.1 Å². The highest BCUT2D eigenvalue weighted by molar-refractivity contribution is 7.51. The van der Waals surface area contributed by atoms with Gasteiger partial charge in [-0.3, -0.25) is 9.46 Å². The van der Waals surface area contributed by atoms with Crippen LogP contribution in [0.4, 0.5) is 0 Å². The van der Waals surface area contributed by atoms with E-state index in [4.69, 9.17) is 9.79 Å². The molecule has 0 aromatic heterocycles. The third kappa shape index (κ3) is 10.4. The number of nitrogens with one attached hydrogen (secondary N) is 1. The molecule has 6 heteroatoms. The van der Waals surface area contributed by atoms with Crippen LogP contribution in [0.3, 0.4) is 0 Å². The average molecular weight is 238 g/mol. The second kappa shape index (κ2) is 8.25. The molecule has 0 unspecified atom stereocenters. The van der Waals surface area contributed by atoms with E-state index in [0.29, 0.717) is 6.54 Å². The second-order valence-corrected chi connectivity index (χ2v) is 5.29. The Morgan fingerprint density at radius 3 is 2.27 bits per heavy atom. The van der Waals surface area contributed by atoms with Gasteiger partial charge in [0.05, 0.1) is 0 Å². The molecule has 5 nitrogen and oxygen atoms in total. The van der Waals surface area contributed by atoms with Gasteiger partial charge in [0, 0.05) is 13.1 Å². The van der Waals surface area contributed by atoms with Crippen molar-refractivity contribution in [2.75, 3.05) is 32.5 Å². The molecule has 0 radical (unpaired) electrons. The average Bonchev–Trinajstić information content (AvgIpc) is 2.10. The van der Waals surface area contributed by atoms with Crippen LogP contribution in [0.5, 0.6) is 0 Å². The SMILES string of the molecule is CCCNCCN(CCC)CP(=O)(O)O. The molecule has 3 N–H and O–H groups in total. The predicted octanol–water partition coefficient (Wildman–Crippen LogP) is 0.833. The highest BCUT2D eigenvalue weighted by atomic mass is 31.2. The summed E-state index contributed by atoms with van der Waals surface area (Å²) in [6.07, 6.45) is 1.86.